The highest BCUT2D eigenvalue weighted by atomic mass is 16.7. The van der Waals surface area contributed by atoms with Gasteiger partial charge in [0.1, 0.15) is 11.9 Å². The summed E-state index contributed by atoms with van der Waals surface area (Å²) in [7, 11) is 0. The molecule has 0 radical (unpaired) electrons. The summed E-state index contributed by atoms with van der Waals surface area (Å²) < 4.78 is 0. The molecule has 0 amide bonds. The molecule has 0 spiro atoms. The maximum atomic E-state index is 12.7. The average Bonchev–Trinajstić information content (AvgIpc) is 3.23. The summed E-state index contributed by atoms with van der Waals surface area (Å²) in [6.45, 7) is 7.30. The lowest BCUT2D eigenvalue weighted by Gasteiger charge is -2.60. The zero-order chi connectivity index (χ0) is 20.4. The lowest BCUT2D eigenvalue weighted by Crippen LogP contribution is -2.55. The third-order valence-electron chi connectivity index (χ3n) is 10.2. The van der Waals surface area contributed by atoms with Crippen molar-refractivity contribution >= 4 is 5.78 Å². The van der Waals surface area contributed by atoms with Gasteiger partial charge >= 0.3 is 0 Å². The van der Waals surface area contributed by atoms with Crippen molar-refractivity contribution in [2.24, 2.45) is 46.2 Å². The van der Waals surface area contributed by atoms with Crippen LogP contribution in [0.4, 0.5) is 0 Å². The topological polar surface area (TPSA) is 64.3 Å². The van der Waals surface area contributed by atoms with Crippen LogP contribution in [0.15, 0.2) is 11.8 Å². The average molecular weight is 401 g/mol. The van der Waals surface area contributed by atoms with Crippen molar-refractivity contribution in [3.63, 3.8) is 0 Å². The fourth-order valence-electron chi connectivity index (χ4n) is 8.43. The zero-order valence-corrected chi connectivity index (χ0v) is 18.6. The Morgan fingerprint density at radius 1 is 1.10 bits per heavy atom. The molecule has 0 aliphatic heterocycles. The minimum Gasteiger partial charge on any atom is -0.325 e. The van der Waals surface area contributed by atoms with Gasteiger partial charge in [0.05, 0.1) is 0 Å². The number of nitrogens with one attached hydrogen (secondary N) is 1. The van der Waals surface area contributed by atoms with E-state index in [1.165, 1.54) is 31.4 Å². The normalized spacial score (nSPS) is 51.8. The molecule has 0 aromatic heterocycles. The van der Waals surface area contributed by atoms with Crippen LogP contribution in [0.1, 0.15) is 85.0 Å². The van der Waals surface area contributed by atoms with Crippen LogP contribution in [-0.2, 0) is 9.63 Å². The van der Waals surface area contributed by atoms with E-state index in [1.54, 1.807) is 0 Å². The second-order valence-corrected chi connectivity index (χ2v) is 11.6. The monoisotopic (exact) mass is 400 g/mol. The van der Waals surface area contributed by atoms with E-state index in [0.29, 0.717) is 29.0 Å². The van der Waals surface area contributed by atoms with E-state index >= 15 is 0 Å². The number of carbonyl (C=O) groups excluding carboxylic acids is 1. The fourth-order valence-corrected chi connectivity index (χ4v) is 8.43. The summed E-state index contributed by atoms with van der Waals surface area (Å²) in [4.78, 5) is 18.7. The summed E-state index contributed by atoms with van der Waals surface area (Å²) >= 11 is 0. The first-order valence-electron chi connectivity index (χ1n) is 12.2. The molecule has 3 unspecified atom stereocenters. The molecule has 4 nitrogen and oxygen atoms in total. The number of rotatable bonds is 3. The Bertz CT molecular complexity index is 705. The predicted molar refractivity (Wildman–Crippen MR) is 115 cm³/mol. The maximum Gasteiger partial charge on any atom is 0.139 e. The van der Waals surface area contributed by atoms with Gasteiger partial charge in [0.2, 0.25) is 0 Å². The van der Waals surface area contributed by atoms with E-state index in [1.807, 2.05) is 0 Å². The van der Waals surface area contributed by atoms with Crippen LogP contribution in [0.25, 0.3) is 0 Å². The molecule has 0 saturated heterocycles. The summed E-state index contributed by atoms with van der Waals surface area (Å²) in [5, 5.41) is 0. The molecular weight excluding hydrogens is 360 g/mol. The number of hydroxylamine groups is 1. The van der Waals surface area contributed by atoms with Gasteiger partial charge in [0.15, 0.2) is 0 Å². The van der Waals surface area contributed by atoms with Crippen molar-refractivity contribution in [2.75, 3.05) is 0 Å². The number of carbonyl (C=O) groups is 1. The van der Waals surface area contributed by atoms with Crippen molar-refractivity contribution in [3.05, 3.63) is 11.8 Å². The Balaban J connectivity index is 1.33. The number of hydrogen-bond donors (Lipinski definition) is 2. The summed E-state index contributed by atoms with van der Waals surface area (Å²) in [6.07, 6.45) is 13.9. The van der Waals surface area contributed by atoms with Crippen LogP contribution in [0.5, 0.6) is 0 Å². The number of nitrogens with two attached hydrogens (primary N) is 1. The Morgan fingerprint density at radius 2 is 1.93 bits per heavy atom. The van der Waals surface area contributed by atoms with Crippen molar-refractivity contribution in [3.8, 4) is 0 Å². The molecule has 0 aromatic carbocycles. The second-order valence-electron chi connectivity index (χ2n) is 11.6. The van der Waals surface area contributed by atoms with Crippen LogP contribution >= 0.6 is 0 Å². The molecule has 9 atom stereocenters. The van der Waals surface area contributed by atoms with Crippen molar-refractivity contribution < 1.29 is 9.63 Å². The second kappa shape index (κ2) is 7.09. The van der Waals surface area contributed by atoms with E-state index in [2.05, 4.69) is 32.3 Å². The fraction of sp³-hybridized carbons (Fsp3) is 0.880. The molecular formula is C25H40N2O2. The van der Waals surface area contributed by atoms with E-state index in [4.69, 9.17) is 10.6 Å². The number of Topliss-reactive ketones (excluding diaryl/α,β-unsaturated/α-hetero) is 1. The summed E-state index contributed by atoms with van der Waals surface area (Å²) in [5.41, 5.74) is 11.1. The summed E-state index contributed by atoms with van der Waals surface area (Å²) in [5.74, 6) is 3.98. The van der Waals surface area contributed by atoms with Crippen LogP contribution in [0, 0.1) is 40.4 Å². The highest BCUT2D eigenvalue weighted by Gasteiger charge is 2.60. The largest absolute Gasteiger partial charge is 0.325 e. The minimum absolute atomic E-state index is 0.0187. The number of allylic oxidation sites excluding steroid dienone is 2. The van der Waals surface area contributed by atoms with Crippen molar-refractivity contribution in [1.82, 2.24) is 5.48 Å². The van der Waals surface area contributed by atoms with E-state index in [-0.39, 0.29) is 17.6 Å². The standard InChI is InChI=1S/C25H40N2O2/c1-15-13-17-18-7-8-23(28)25(18,3)12-10-19(17)24(2)11-9-16(14-20(15)24)27-29-22-6-4-5-21(22)26/h14-15,17-22,27H,4-13,26H2,1-3H3/t15-,17-,18-,19-,20?,21?,22?,24+,25-/m0/s1. The highest BCUT2D eigenvalue weighted by Crippen LogP contribution is 2.66. The van der Waals surface area contributed by atoms with Gasteiger partial charge in [-0.2, -0.15) is 0 Å². The molecule has 5 aliphatic carbocycles. The first-order chi connectivity index (χ1) is 13.8. The van der Waals surface area contributed by atoms with Gasteiger partial charge < -0.3 is 5.73 Å². The van der Waals surface area contributed by atoms with Crippen molar-refractivity contribution in [2.45, 2.75) is 97.1 Å². The van der Waals surface area contributed by atoms with Gasteiger partial charge in [-0.05, 0) is 92.8 Å². The van der Waals surface area contributed by atoms with Crippen molar-refractivity contribution in [1.29, 1.82) is 0 Å². The molecule has 5 aliphatic rings. The molecule has 29 heavy (non-hydrogen) atoms. The highest BCUT2D eigenvalue weighted by molar-refractivity contribution is 5.87. The lowest BCUT2D eigenvalue weighted by atomic mass is 9.44. The molecule has 5 rings (SSSR count). The molecule has 3 N–H and O–H groups in total. The molecule has 0 bridgehead atoms. The SMILES string of the molecule is C[C@H]1C[C@@H]2[C@H](CC[C@]3(C)C(=O)CC[C@@H]23)[C@@]2(C)CCC(NOC3CCCC3N)=CC12. The van der Waals surface area contributed by atoms with Gasteiger partial charge in [-0.15, -0.1) is 0 Å². The Morgan fingerprint density at radius 3 is 2.69 bits per heavy atom. The van der Waals surface area contributed by atoms with E-state index in [9.17, 15) is 4.79 Å². The smallest absolute Gasteiger partial charge is 0.139 e. The number of fused-ring (bicyclic) bond motifs is 5. The quantitative estimate of drug-likeness (QED) is 0.672. The molecule has 4 saturated carbocycles. The van der Waals surface area contributed by atoms with E-state index < -0.39 is 0 Å². The molecule has 162 valence electrons. The van der Waals surface area contributed by atoms with Gasteiger partial charge in [-0.25, -0.2) is 0 Å². The minimum atomic E-state index is -0.0187. The molecule has 0 aromatic rings. The van der Waals surface area contributed by atoms with Gasteiger partial charge in [-0.1, -0.05) is 26.8 Å². The third-order valence-corrected chi connectivity index (χ3v) is 10.2. The number of hydrogen-bond acceptors (Lipinski definition) is 4. The molecule has 0 heterocycles. The number of ketones is 1. The Labute approximate surface area is 176 Å². The summed E-state index contributed by atoms with van der Waals surface area (Å²) in [6, 6.07) is 0.178. The predicted octanol–water partition coefficient (Wildman–Crippen LogP) is 4.74. The van der Waals surface area contributed by atoms with Gasteiger partial charge in [0, 0.05) is 23.6 Å². The molecule has 4 heteroatoms. The Hall–Kier alpha value is -0.870. The van der Waals surface area contributed by atoms with Crippen LogP contribution in [-0.4, -0.2) is 17.9 Å². The van der Waals surface area contributed by atoms with Gasteiger partial charge in [0.25, 0.3) is 0 Å². The first-order valence-corrected chi connectivity index (χ1v) is 12.2. The first kappa shape index (κ1) is 20.1. The molecule has 4 fully saturated rings. The van der Waals surface area contributed by atoms with Crippen LogP contribution in [0.3, 0.4) is 0 Å². The van der Waals surface area contributed by atoms with E-state index in [0.717, 1.165) is 50.4 Å². The zero-order valence-electron chi connectivity index (χ0n) is 18.6. The van der Waals surface area contributed by atoms with Crippen LogP contribution in [0.2, 0.25) is 0 Å². The van der Waals surface area contributed by atoms with Crippen LogP contribution < -0.4 is 11.2 Å². The lowest BCUT2D eigenvalue weighted by molar-refractivity contribution is -0.139. The maximum absolute atomic E-state index is 12.7. The Kier molecular flexibility index (Phi) is 4.90. The third kappa shape index (κ3) is 3.04. The van der Waals surface area contributed by atoms with Gasteiger partial charge in [-0.3, -0.25) is 15.1 Å².